The van der Waals surface area contributed by atoms with Gasteiger partial charge in [-0.2, -0.15) is 11.8 Å². The summed E-state index contributed by atoms with van der Waals surface area (Å²) in [6, 6.07) is 9.95. The van der Waals surface area contributed by atoms with Crippen LogP contribution in [0.3, 0.4) is 0 Å². The van der Waals surface area contributed by atoms with Crippen molar-refractivity contribution in [2.75, 3.05) is 23.0 Å². The Balaban J connectivity index is 2.13. The fourth-order valence-corrected chi connectivity index (χ4v) is 3.23. The number of para-hydroxylation sites is 1. The topological polar surface area (TPSA) is 20.3 Å². The van der Waals surface area contributed by atoms with Gasteiger partial charge in [0.2, 0.25) is 5.91 Å². The Morgan fingerprint density at radius 2 is 2.19 bits per heavy atom. The van der Waals surface area contributed by atoms with Crippen LogP contribution in [0.4, 0.5) is 5.69 Å². The highest BCUT2D eigenvalue weighted by atomic mass is 32.2. The predicted molar refractivity (Wildman–Crippen MR) is 69.9 cm³/mol. The zero-order valence-corrected chi connectivity index (χ0v) is 10.4. The molecular formula is C13H17NOS. The summed E-state index contributed by atoms with van der Waals surface area (Å²) in [6.07, 6.45) is 1.03. The first-order valence-corrected chi connectivity index (χ1v) is 6.92. The first-order chi connectivity index (χ1) is 7.83. The SMILES string of the molecule is CCN(C(=O)C1CCSC1)c1ccccc1. The third-order valence-corrected chi connectivity index (χ3v) is 4.09. The largest absolute Gasteiger partial charge is 0.312 e. The van der Waals surface area contributed by atoms with E-state index in [1.807, 2.05) is 53.9 Å². The van der Waals surface area contributed by atoms with Gasteiger partial charge in [-0.1, -0.05) is 18.2 Å². The minimum absolute atomic E-state index is 0.227. The van der Waals surface area contributed by atoms with Crippen molar-refractivity contribution < 1.29 is 4.79 Å². The van der Waals surface area contributed by atoms with Crippen LogP contribution in [0.15, 0.2) is 30.3 Å². The van der Waals surface area contributed by atoms with Gasteiger partial charge in [0.25, 0.3) is 0 Å². The highest BCUT2D eigenvalue weighted by molar-refractivity contribution is 7.99. The summed E-state index contributed by atoms with van der Waals surface area (Å²) in [6.45, 7) is 2.79. The fourth-order valence-electron chi connectivity index (χ4n) is 2.02. The maximum absolute atomic E-state index is 12.3. The second-order valence-electron chi connectivity index (χ2n) is 3.98. The van der Waals surface area contributed by atoms with Crippen LogP contribution in [0, 0.1) is 5.92 Å². The summed E-state index contributed by atoms with van der Waals surface area (Å²) >= 11 is 1.89. The number of amides is 1. The van der Waals surface area contributed by atoms with Crippen molar-refractivity contribution in [1.82, 2.24) is 0 Å². The lowest BCUT2D eigenvalue weighted by molar-refractivity contribution is -0.121. The van der Waals surface area contributed by atoms with Crippen LogP contribution < -0.4 is 4.90 Å². The second kappa shape index (κ2) is 5.39. The zero-order valence-electron chi connectivity index (χ0n) is 9.56. The van der Waals surface area contributed by atoms with Crippen molar-refractivity contribution in [2.24, 2.45) is 5.92 Å². The molecular weight excluding hydrogens is 218 g/mol. The lowest BCUT2D eigenvalue weighted by atomic mass is 10.1. The maximum atomic E-state index is 12.3. The van der Waals surface area contributed by atoms with Crippen molar-refractivity contribution in [3.8, 4) is 0 Å². The van der Waals surface area contributed by atoms with Crippen LogP contribution in [0.5, 0.6) is 0 Å². The molecule has 0 N–H and O–H groups in total. The lowest BCUT2D eigenvalue weighted by Gasteiger charge is -2.23. The summed E-state index contributed by atoms with van der Waals surface area (Å²) in [4.78, 5) is 14.2. The van der Waals surface area contributed by atoms with Gasteiger partial charge in [0.1, 0.15) is 0 Å². The molecule has 0 radical (unpaired) electrons. The molecule has 0 bridgehead atoms. The van der Waals surface area contributed by atoms with E-state index in [-0.39, 0.29) is 5.92 Å². The first-order valence-electron chi connectivity index (χ1n) is 5.77. The van der Waals surface area contributed by atoms with Crippen LogP contribution in [0.1, 0.15) is 13.3 Å². The van der Waals surface area contributed by atoms with Gasteiger partial charge in [0.15, 0.2) is 0 Å². The molecule has 1 aliphatic rings. The minimum atomic E-state index is 0.227. The van der Waals surface area contributed by atoms with Gasteiger partial charge in [-0.25, -0.2) is 0 Å². The summed E-state index contributed by atoms with van der Waals surface area (Å²) in [7, 11) is 0. The summed E-state index contributed by atoms with van der Waals surface area (Å²) < 4.78 is 0. The van der Waals surface area contributed by atoms with Crippen molar-refractivity contribution >= 4 is 23.4 Å². The highest BCUT2D eigenvalue weighted by Gasteiger charge is 2.27. The molecule has 0 aliphatic carbocycles. The quantitative estimate of drug-likeness (QED) is 0.803. The Bertz CT molecular complexity index is 346. The normalized spacial score (nSPS) is 19.7. The van der Waals surface area contributed by atoms with Gasteiger partial charge in [-0.15, -0.1) is 0 Å². The number of nitrogens with zero attached hydrogens (tertiary/aromatic N) is 1. The number of thioether (sulfide) groups is 1. The van der Waals surface area contributed by atoms with E-state index in [2.05, 4.69) is 0 Å². The van der Waals surface area contributed by atoms with Gasteiger partial charge < -0.3 is 4.90 Å². The molecule has 1 aromatic rings. The van der Waals surface area contributed by atoms with E-state index >= 15 is 0 Å². The monoisotopic (exact) mass is 235 g/mol. The molecule has 16 heavy (non-hydrogen) atoms. The molecule has 3 heteroatoms. The average molecular weight is 235 g/mol. The van der Waals surface area contributed by atoms with Crippen molar-refractivity contribution in [2.45, 2.75) is 13.3 Å². The number of rotatable bonds is 3. The molecule has 1 unspecified atom stereocenters. The van der Waals surface area contributed by atoms with Crippen LogP contribution >= 0.6 is 11.8 Å². The predicted octanol–water partition coefficient (Wildman–Crippen LogP) is 2.79. The maximum Gasteiger partial charge on any atom is 0.230 e. The van der Waals surface area contributed by atoms with Crippen molar-refractivity contribution in [3.63, 3.8) is 0 Å². The number of hydrogen-bond acceptors (Lipinski definition) is 2. The average Bonchev–Trinajstić information content (AvgIpc) is 2.85. The van der Waals surface area contributed by atoms with E-state index in [0.29, 0.717) is 5.91 Å². The van der Waals surface area contributed by atoms with E-state index in [1.54, 1.807) is 0 Å². The fraction of sp³-hybridized carbons (Fsp3) is 0.462. The number of benzene rings is 1. The van der Waals surface area contributed by atoms with Gasteiger partial charge >= 0.3 is 0 Å². The molecule has 1 atom stereocenters. The van der Waals surface area contributed by atoms with Gasteiger partial charge in [0.05, 0.1) is 0 Å². The smallest absolute Gasteiger partial charge is 0.230 e. The molecule has 0 spiro atoms. The molecule has 1 aliphatic heterocycles. The van der Waals surface area contributed by atoms with Crippen LogP contribution in [0.25, 0.3) is 0 Å². The Labute approximate surface area is 101 Å². The molecule has 2 rings (SSSR count). The molecule has 1 saturated heterocycles. The van der Waals surface area contributed by atoms with Crippen LogP contribution in [-0.2, 0) is 4.79 Å². The number of hydrogen-bond donors (Lipinski definition) is 0. The number of anilines is 1. The standard InChI is InChI=1S/C13H17NOS/c1-2-14(12-6-4-3-5-7-12)13(15)11-8-9-16-10-11/h3-7,11H,2,8-10H2,1H3. The van der Waals surface area contributed by atoms with Gasteiger partial charge in [-0.05, 0) is 31.2 Å². The lowest BCUT2D eigenvalue weighted by Crippen LogP contribution is -2.36. The minimum Gasteiger partial charge on any atom is -0.312 e. The molecule has 1 amide bonds. The Hall–Kier alpha value is -0.960. The zero-order chi connectivity index (χ0) is 11.4. The van der Waals surface area contributed by atoms with Crippen molar-refractivity contribution in [1.29, 1.82) is 0 Å². The van der Waals surface area contributed by atoms with Gasteiger partial charge in [-0.3, -0.25) is 4.79 Å². The third kappa shape index (κ3) is 2.40. The molecule has 2 nitrogen and oxygen atoms in total. The first kappa shape index (κ1) is 11.5. The van der Waals surface area contributed by atoms with Crippen LogP contribution in [0.2, 0.25) is 0 Å². The van der Waals surface area contributed by atoms with E-state index in [0.717, 1.165) is 30.2 Å². The van der Waals surface area contributed by atoms with E-state index in [4.69, 9.17) is 0 Å². The summed E-state index contributed by atoms with van der Waals surface area (Å²) in [5.74, 6) is 2.63. The summed E-state index contributed by atoms with van der Waals surface area (Å²) in [5.41, 5.74) is 1.02. The number of carbonyl (C=O) groups excluding carboxylic acids is 1. The summed E-state index contributed by atoms with van der Waals surface area (Å²) in [5, 5.41) is 0. The molecule has 0 saturated carbocycles. The van der Waals surface area contributed by atoms with Crippen LogP contribution in [-0.4, -0.2) is 24.0 Å². The highest BCUT2D eigenvalue weighted by Crippen LogP contribution is 2.27. The van der Waals surface area contributed by atoms with Crippen molar-refractivity contribution in [3.05, 3.63) is 30.3 Å². The Morgan fingerprint density at radius 3 is 2.75 bits per heavy atom. The second-order valence-corrected chi connectivity index (χ2v) is 5.13. The third-order valence-electron chi connectivity index (χ3n) is 2.93. The van der Waals surface area contributed by atoms with E-state index in [1.165, 1.54) is 0 Å². The number of carbonyl (C=O) groups is 1. The Morgan fingerprint density at radius 1 is 1.44 bits per heavy atom. The molecule has 86 valence electrons. The molecule has 1 heterocycles. The van der Waals surface area contributed by atoms with E-state index in [9.17, 15) is 4.79 Å². The van der Waals surface area contributed by atoms with E-state index < -0.39 is 0 Å². The molecule has 0 aromatic heterocycles. The van der Waals surface area contributed by atoms with Gasteiger partial charge in [0, 0.05) is 23.9 Å². The molecule has 1 fully saturated rings. The Kier molecular flexibility index (Phi) is 3.88. The molecule has 1 aromatic carbocycles.